The van der Waals surface area contributed by atoms with E-state index in [0.717, 1.165) is 0 Å². The Balaban J connectivity index is 2.08. The first-order chi connectivity index (χ1) is 9.15. The predicted octanol–water partition coefficient (Wildman–Crippen LogP) is 1.84. The molecule has 19 heavy (non-hydrogen) atoms. The number of hydrogen-bond acceptors (Lipinski definition) is 5. The van der Waals surface area contributed by atoms with Gasteiger partial charge in [-0.05, 0) is 12.1 Å². The minimum atomic E-state index is -2.90. The number of hydrogen-bond donors (Lipinski definition) is 1. The summed E-state index contributed by atoms with van der Waals surface area (Å²) in [6.07, 6.45) is 1.29. The number of rotatable bonds is 4. The molecule has 1 saturated heterocycles. The average molecular weight is 285 g/mol. The lowest BCUT2D eigenvalue weighted by atomic mass is 10.2. The third-order valence-electron chi connectivity index (χ3n) is 2.07. The molecule has 0 radical (unpaired) electrons. The van der Waals surface area contributed by atoms with Crippen LogP contribution in [0.5, 0.6) is 5.75 Å². The van der Waals surface area contributed by atoms with E-state index in [-0.39, 0.29) is 11.7 Å². The lowest BCUT2D eigenvalue weighted by Gasteiger charge is -2.06. The standard InChI is InChI=1S/C11H9F2N3O2S/c12-10(13)18-8-4-2-1-3-7(8)5-14-16-11-15-9(17)6-19-11/h1-5,10H,6H2,(H,15,16,17). The summed E-state index contributed by atoms with van der Waals surface area (Å²) < 4.78 is 28.7. The number of benzene rings is 1. The van der Waals surface area contributed by atoms with Gasteiger partial charge in [-0.15, -0.1) is 5.10 Å². The normalized spacial score (nSPS) is 17.4. The number of carbonyl (C=O) groups excluding carboxylic acids is 1. The lowest BCUT2D eigenvalue weighted by Crippen LogP contribution is -2.19. The highest BCUT2D eigenvalue weighted by Gasteiger charge is 2.16. The molecule has 0 aliphatic carbocycles. The average Bonchev–Trinajstić information content (AvgIpc) is 2.77. The predicted molar refractivity (Wildman–Crippen MR) is 68.7 cm³/mol. The number of nitrogens with one attached hydrogen (secondary N) is 1. The number of ether oxygens (including phenoxy) is 1. The van der Waals surface area contributed by atoms with E-state index in [4.69, 9.17) is 0 Å². The molecule has 5 nitrogen and oxygen atoms in total. The first-order valence-electron chi connectivity index (χ1n) is 5.22. The van der Waals surface area contributed by atoms with Crippen LogP contribution >= 0.6 is 11.8 Å². The molecular weight excluding hydrogens is 276 g/mol. The molecule has 8 heteroatoms. The molecule has 0 aromatic heterocycles. The largest absolute Gasteiger partial charge is 0.434 e. The van der Waals surface area contributed by atoms with E-state index >= 15 is 0 Å². The monoisotopic (exact) mass is 285 g/mol. The van der Waals surface area contributed by atoms with Crippen molar-refractivity contribution >= 4 is 29.1 Å². The molecule has 1 aliphatic heterocycles. The number of amides is 1. The van der Waals surface area contributed by atoms with Crippen molar-refractivity contribution in [2.45, 2.75) is 6.61 Å². The number of amidine groups is 1. The third-order valence-corrected chi connectivity index (χ3v) is 2.93. The molecule has 2 rings (SSSR count). The molecule has 0 atom stereocenters. The SMILES string of the molecule is O=C1CSC(=NN=Cc2ccccc2OC(F)F)N1. The molecule has 1 aromatic rings. The molecule has 1 N–H and O–H groups in total. The molecule has 1 amide bonds. The van der Waals surface area contributed by atoms with Crippen LogP contribution in [0.15, 0.2) is 34.5 Å². The van der Waals surface area contributed by atoms with Crippen LogP contribution in [-0.2, 0) is 4.79 Å². The van der Waals surface area contributed by atoms with Crippen LogP contribution in [0.3, 0.4) is 0 Å². The fourth-order valence-corrected chi connectivity index (χ4v) is 1.94. The molecule has 0 saturated carbocycles. The van der Waals surface area contributed by atoms with Gasteiger partial charge >= 0.3 is 6.61 Å². The molecule has 0 bridgehead atoms. The van der Waals surface area contributed by atoms with Gasteiger partial charge in [0, 0.05) is 5.56 Å². The number of nitrogens with zero attached hydrogens (tertiary/aromatic N) is 2. The van der Waals surface area contributed by atoms with Gasteiger partial charge in [-0.25, -0.2) is 0 Å². The van der Waals surface area contributed by atoms with Gasteiger partial charge in [0.05, 0.1) is 12.0 Å². The number of alkyl halides is 2. The van der Waals surface area contributed by atoms with E-state index in [1.54, 1.807) is 18.2 Å². The Labute approximate surface area is 111 Å². The Bertz CT molecular complexity index is 534. The van der Waals surface area contributed by atoms with Gasteiger partial charge in [-0.2, -0.15) is 13.9 Å². The summed E-state index contributed by atoms with van der Waals surface area (Å²) in [5, 5.41) is 10.4. The molecule has 1 aromatic carbocycles. The topological polar surface area (TPSA) is 63.0 Å². The van der Waals surface area contributed by atoms with E-state index in [1.807, 2.05) is 0 Å². The first-order valence-corrected chi connectivity index (χ1v) is 6.21. The van der Waals surface area contributed by atoms with Gasteiger partial charge < -0.3 is 10.1 Å². The summed E-state index contributed by atoms with van der Waals surface area (Å²) >= 11 is 1.22. The molecular formula is C11H9F2N3O2S. The molecule has 100 valence electrons. The van der Waals surface area contributed by atoms with Crippen molar-refractivity contribution in [1.82, 2.24) is 5.32 Å². The van der Waals surface area contributed by atoms with Crippen LogP contribution in [0.1, 0.15) is 5.56 Å². The van der Waals surface area contributed by atoms with Gasteiger partial charge in [0.2, 0.25) is 5.91 Å². The lowest BCUT2D eigenvalue weighted by molar-refractivity contribution is -0.116. The summed E-state index contributed by atoms with van der Waals surface area (Å²) in [4.78, 5) is 10.9. The highest BCUT2D eigenvalue weighted by molar-refractivity contribution is 8.15. The fraction of sp³-hybridized carbons (Fsp3) is 0.182. The molecule has 1 heterocycles. The molecule has 1 fully saturated rings. The highest BCUT2D eigenvalue weighted by Crippen LogP contribution is 2.18. The van der Waals surface area contributed by atoms with E-state index < -0.39 is 6.61 Å². The Kier molecular flexibility index (Phi) is 4.45. The molecule has 0 spiro atoms. The summed E-state index contributed by atoms with van der Waals surface area (Å²) in [6, 6.07) is 6.22. The summed E-state index contributed by atoms with van der Waals surface area (Å²) in [7, 11) is 0. The van der Waals surface area contributed by atoms with Crippen LogP contribution in [0.4, 0.5) is 8.78 Å². The minimum absolute atomic E-state index is 0.0181. The Hall–Kier alpha value is -1.96. The second-order valence-corrected chi connectivity index (χ2v) is 4.37. The zero-order valence-corrected chi connectivity index (χ0v) is 10.4. The summed E-state index contributed by atoms with van der Waals surface area (Å²) in [5.41, 5.74) is 0.376. The van der Waals surface area contributed by atoms with Crippen LogP contribution < -0.4 is 10.1 Å². The van der Waals surface area contributed by atoms with Crippen molar-refractivity contribution in [2.24, 2.45) is 10.2 Å². The maximum absolute atomic E-state index is 12.2. The van der Waals surface area contributed by atoms with E-state index in [2.05, 4.69) is 20.3 Å². The minimum Gasteiger partial charge on any atom is -0.434 e. The Morgan fingerprint density at radius 3 is 2.89 bits per heavy atom. The van der Waals surface area contributed by atoms with Crippen LogP contribution in [0.2, 0.25) is 0 Å². The maximum atomic E-state index is 12.2. The van der Waals surface area contributed by atoms with Gasteiger partial charge in [-0.1, -0.05) is 23.9 Å². The molecule has 0 unspecified atom stereocenters. The van der Waals surface area contributed by atoms with Crippen molar-refractivity contribution in [2.75, 3.05) is 5.75 Å². The third kappa shape index (κ3) is 4.02. The first kappa shape index (κ1) is 13.5. The van der Waals surface area contributed by atoms with Crippen molar-refractivity contribution in [1.29, 1.82) is 0 Å². The number of para-hydroxylation sites is 1. The van der Waals surface area contributed by atoms with Crippen molar-refractivity contribution in [3.63, 3.8) is 0 Å². The zero-order valence-electron chi connectivity index (χ0n) is 9.55. The van der Waals surface area contributed by atoms with Gasteiger partial charge in [0.25, 0.3) is 0 Å². The Morgan fingerprint density at radius 2 is 2.21 bits per heavy atom. The highest BCUT2D eigenvalue weighted by atomic mass is 32.2. The number of carbonyl (C=O) groups is 1. The Morgan fingerprint density at radius 1 is 1.42 bits per heavy atom. The van der Waals surface area contributed by atoms with Crippen molar-refractivity contribution in [3.05, 3.63) is 29.8 Å². The second kappa shape index (κ2) is 6.28. The quantitative estimate of drug-likeness (QED) is 0.678. The fourth-order valence-electron chi connectivity index (χ4n) is 1.31. The smallest absolute Gasteiger partial charge is 0.387 e. The van der Waals surface area contributed by atoms with Crippen molar-refractivity contribution in [3.8, 4) is 5.75 Å². The second-order valence-electron chi connectivity index (χ2n) is 3.40. The number of halogens is 2. The van der Waals surface area contributed by atoms with Gasteiger partial charge in [0.1, 0.15) is 5.75 Å². The summed E-state index contributed by atoms with van der Waals surface area (Å²) in [6.45, 7) is -2.90. The van der Waals surface area contributed by atoms with Crippen LogP contribution in [0, 0.1) is 0 Å². The molecule has 1 aliphatic rings. The van der Waals surface area contributed by atoms with E-state index in [9.17, 15) is 13.6 Å². The van der Waals surface area contributed by atoms with E-state index in [1.165, 1.54) is 24.0 Å². The van der Waals surface area contributed by atoms with Gasteiger partial charge in [-0.3, -0.25) is 4.79 Å². The maximum Gasteiger partial charge on any atom is 0.387 e. The zero-order chi connectivity index (χ0) is 13.7. The van der Waals surface area contributed by atoms with E-state index in [0.29, 0.717) is 16.5 Å². The van der Waals surface area contributed by atoms with Crippen LogP contribution in [0.25, 0.3) is 0 Å². The number of thioether (sulfide) groups is 1. The van der Waals surface area contributed by atoms with Gasteiger partial charge in [0.15, 0.2) is 5.17 Å². The van der Waals surface area contributed by atoms with Crippen molar-refractivity contribution < 1.29 is 18.3 Å². The van der Waals surface area contributed by atoms with Crippen LogP contribution in [-0.4, -0.2) is 29.7 Å². The summed E-state index contributed by atoms with van der Waals surface area (Å²) in [5.74, 6) is 0.185.